The number of carbonyl (C=O) groups excluding carboxylic acids is 1. The predicted molar refractivity (Wildman–Crippen MR) is 79.6 cm³/mol. The second kappa shape index (κ2) is 9.39. The molecule has 1 amide bonds. The van der Waals surface area contributed by atoms with Crippen molar-refractivity contribution in [2.75, 3.05) is 13.7 Å². The molecule has 1 aliphatic heterocycles. The van der Waals surface area contributed by atoms with Gasteiger partial charge in [0.15, 0.2) is 0 Å². The molecule has 4 nitrogen and oxygen atoms in total. The van der Waals surface area contributed by atoms with Crippen molar-refractivity contribution in [2.45, 2.75) is 40.7 Å². The molecule has 0 aromatic heterocycles. The first-order valence-corrected chi connectivity index (χ1v) is 6.93. The van der Waals surface area contributed by atoms with Crippen molar-refractivity contribution >= 4 is 5.91 Å². The van der Waals surface area contributed by atoms with E-state index in [-0.39, 0.29) is 5.91 Å². The Bertz CT molecular complexity index is 403. The fourth-order valence-electron chi connectivity index (χ4n) is 2.00. The Morgan fingerprint density at radius 1 is 1.21 bits per heavy atom. The molecule has 1 aliphatic rings. The second-order valence-corrected chi connectivity index (χ2v) is 3.56. The molecule has 0 aliphatic carbocycles. The molecule has 0 unspecified atom stereocenters. The summed E-state index contributed by atoms with van der Waals surface area (Å²) in [7, 11) is 1.64. The van der Waals surface area contributed by atoms with Crippen molar-refractivity contribution < 1.29 is 9.53 Å². The van der Waals surface area contributed by atoms with E-state index >= 15 is 0 Å². The van der Waals surface area contributed by atoms with E-state index in [4.69, 9.17) is 10.5 Å². The predicted octanol–water partition coefficient (Wildman–Crippen LogP) is 2.49. The van der Waals surface area contributed by atoms with Crippen LogP contribution >= 0.6 is 0 Å². The highest BCUT2D eigenvalue weighted by Gasteiger charge is 2.19. The van der Waals surface area contributed by atoms with Crippen LogP contribution in [0.15, 0.2) is 12.1 Å². The zero-order valence-electron chi connectivity index (χ0n) is 12.7. The number of hydrogen-bond acceptors (Lipinski definition) is 3. The van der Waals surface area contributed by atoms with Gasteiger partial charge in [0, 0.05) is 17.7 Å². The van der Waals surface area contributed by atoms with Gasteiger partial charge in [-0.3, -0.25) is 4.79 Å². The molecule has 19 heavy (non-hydrogen) atoms. The minimum atomic E-state index is -0.377. The van der Waals surface area contributed by atoms with Gasteiger partial charge in [-0.2, -0.15) is 0 Å². The van der Waals surface area contributed by atoms with Crippen molar-refractivity contribution in [1.82, 2.24) is 5.32 Å². The monoisotopic (exact) mass is 266 g/mol. The first-order chi connectivity index (χ1) is 9.24. The molecular weight excluding hydrogens is 240 g/mol. The number of amides is 1. The number of fused-ring (bicyclic) bond motifs is 1. The number of primary amides is 1. The van der Waals surface area contributed by atoms with Crippen LogP contribution in [0.25, 0.3) is 0 Å². The largest absolute Gasteiger partial charge is 0.496 e. The Labute approximate surface area is 116 Å². The molecule has 0 radical (unpaired) electrons. The third-order valence-electron chi connectivity index (χ3n) is 2.73. The van der Waals surface area contributed by atoms with Crippen molar-refractivity contribution in [1.29, 1.82) is 0 Å². The molecule has 0 atom stereocenters. The van der Waals surface area contributed by atoms with E-state index in [2.05, 4.69) is 5.32 Å². The summed E-state index contributed by atoms with van der Waals surface area (Å²) in [5, 5.41) is 3.22. The highest BCUT2D eigenvalue weighted by atomic mass is 16.5. The number of nitrogens with two attached hydrogens (primary N) is 1. The SMILES string of the molecule is CC.CC.COc1ccc(C(N)=O)c2c1CCNC2. The van der Waals surface area contributed by atoms with E-state index in [1.54, 1.807) is 13.2 Å². The van der Waals surface area contributed by atoms with Gasteiger partial charge in [-0.25, -0.2) is 0 Å². The van der Waals surface area contributed by atoms with Crippen LogP contribution in [0.3, 0.4) is 0 Å². The van der Waals surface area contributed by atoms with Crippen LogP contribution in [-0.2, 0) is 13.0 Å². The smallest absolute Gasteiger partial charge is 0.249 e. The number of rotatable bonds is 2. The maximum absolute atomic E-state index is 11.2. The van der Waals surface area contributed by atoms with Crippen LogP contribution in [-0.4, -0.2) is 19.6 Å². The number of methoxy groups -OCH3 is 1. The van der Waals surface area contributed by atoms with Crippen LogP contribution in [0.4, 0.5) is 0 Å². The van der Waals surface area contributed by atoms with Crippen molar-refractivity contribution in [2.24, 2.45) is 5.73 Å². The fraction of sp³-hybridized carbons (Fsp3) is 0.533. The molecule has 0 spiro atoms. The van der Waals surface area contributed by atoms with Gasteiger partial charge in [-0.1, -0.05) is 27.7 Å². The normalized spacial score (nSPS) is 12.1. The number of carbonyl (C=O) groups is 1. The molecule has 0 saturated heterocycles. The van der Waals surface area contributed by atoms with Crippen LogP contribution in [0, 0.1) is 0 Å². The number of hydrogen-bond donors (Lipinski definition) is 2. The molecule has 1 heterocycles. The topological polar surface area (TPSA) is 64.3 Å². The maximum Gasteiger partial charge on any atom is 0.249 e. The Kier molecular flexibility index (Phi) is 8.62. The van der Waals surface area contributed by atoms with Gasteiger partial charge >= 0.3 is 0 Å². The summed E-state index contributed by atoms with van der Waals surface area (Å²) in [5.41, 5.74) is 8.00. The lowest BCUT2D eigenvalue weighted by atomic mass is 9.94. The fourth-order valence-corrected chi connectivity index (χ4v) is 2.00. The van der Waals surface area contributed by atoms with E-state index in [0.717, 1.165) is 29.8 Å². The third kappa shape index (κ3) is 4.24. The molecule has 3 N–H and O–H groups in total. The number of benzene rings is 1. The molecular formula is C15H26N2O2. The zero-order chi connectivity index (χ0) is 14.8. The van der Waals surface area contributed by atoms with E-state index < -0.39 is 0 Å². The van der Waals surface area contributed by atoms with Crippen LogP contribution in [0.5, 0.6) is 5.75 Å². The van der Waals surface area contributed by atoms with E-state index in [1.165, 1.54) is 0 Å². The summed E-state index contributed by atoms with van der Waals surface area (Å²) < 4.78 is 5.27. The van der Waals surface area contributed by atoms with Crippen molar-refractivity contribution in [3.63, 3.8) is 0 Å². The van der Waals surface area contributed by atoms with Crippen LogP contribution in [0.2, 0.25) is 0 Å². The van der Waals surface area contributed by atoms with Gasteiger partial charge in [0.25, 0.3) is 0 Å². The Morgan fingerprint density at radius 2 is 1.84 bits per heavy atom. The molecule has 0 saturated carbocycles. The average Bonchev–Trinajstić information content (AvgIpc) is 2.50. The second-order valence-electron chi connectivity index (χ2n) is 3.56. The van der Waals surface area contributed by atoms with Crippen LogP contribution < -0.4 is 15.8 Å². The standard InChI is InChI=1S/C11H14N2O2.2C2H6/c1-15-10-3-2-8(11(12)14)9-6-13-5-4-7(9)10;2*1-2/h2-3,13H,4-6H2,1H3,(H2,12,14);2*1-2H3. The van der Waals surface area contributed by atoms with Crippen molar-refractivity contribution in [3.05, 3.63) is 28.8 Å². The zero-order valence-corrected chi connectivity index (χ0v) is 12.7. The molecule has 1 aromatic carbocycles. The van der Waals surface area contributed by atoms with Gasteiger partial charge in [0.2, 0.25) is 5.91 Å². The quantitative estimate of drug-likeness (QED) is 0.864. The Balaban J connectivity index is 0.000000741. The minimum Gasteiger partial charge on any atom is -0.496 e. The summed E-state index contributed by atoms with van der Waals surface area (Å²) in [6.45, 7) is 9.59. The van der Waals surface area contributed by atoms with Gasteiger partial charge < -0.3 is 15.8 Å². The maximum atomic E-state index is 11.2. The Hall–Kier alpha value is -1.55. The molecule has 1 aromatic rings. The molecule has 108 valence electrons. The Morgan fingerprint density at radius 3 is 2.37 bits per heavy atom. The highest BCUT2D eigenvalue weighted by Crippen LogP contribution is 2.27. The van der Waals surface area contributed by atoms with E-state index in [1.807, 2.05) is 33.8 Å². The summed E-state index contributed by atoms with van der Waals surface area (Å²) in [5.74, 6) is 0.467. The van der Waals surface area contributed by atoms with Crippen molar-refractivity contribution in [3.8, 4) is 5.75 Å². The lowest BCUT2D eigenvalue weighted by molar-refractivity contribution is 0.0999. The summed E-state index contributed by atoms with van der Waals surface area (Å²) in [6.07, 6.45) is 0.875. The number of nitrogens with one attached hydrogen (secondary N) is 1. The summed E-state index contributed by atoms with van der Waals surface area (Å²) in [4.78, 5) is 11.2. The van der Waals surface area contributed by atoms with Gasteiger partial charge in [0.05, 0.1) is 7.11 Å². The lowest BCUT2D eigenvalue weighted by Gasteiger charge is -2.21. The van der Waals surface area contributed by atoms with Gasteiger partial charge in [-0.15, -0.1) is 0 Å². The first kappa shape index (κ1) is 17.4. The van der Waals surface area contributed by atoms with Gasteiger partial charge in [-0.05, 0) is 30.7 Å². The van der Waals surface area contributed by atoms with E-state index in [0.29, 0.717) is 12.1 Å². The minimum absolute atomic E-state index is 0.377. The first-order valence-electron chi connectivity index (χ1n) is 6.93. The molecule has 0 fully saturated rings. The van der Waals surface area contributed by atoms with Crippen LogP contribution in [0.1, 0.15) is 49.2 Å². The lowest BCUT2D eigenvalue weighted by Crippen LogP contribution is -2.27. The van der Waals surface area contributed by atoms with E-state index in [9.17, 15) is 4.79 Å². The number of ether oxygens (including phenoxy) is 1. The third-order valence-corrected chi connectivity index (χ3v) is 2.73. The molecule has 4 heteroatoms. The van der Waals surface area contributed by atoms with Gasteiger partial charge in [0.1, 0.15) is 5.75 Å². The molecule has 2 rings (SSSR count). The summed E-state index contributed by atoms with van der Waals surface area (Å²) in [6, 6.07) is 3.54. The summed E-state index contributed by atoms with van der Waals surface area (Å²) >= 11 is 0. The average molecular weight is 266 g/mol. The highest BCUT2D eigenvalue weighted by molar-refractivity contribution is 5.95. The molecule has 0 bridgehead atoms.